The molecule has 0 spiro atoms. The first-order valence-corrected chi connectivity index (χ1v) is 14.5. The second-order valence-corrected chi connectivity index (χ2v) is 11.1. The number of furan rings is 1. The smallest absolute Gasteiger partial charge is 0.155 e. The van der Waals surface area contributed by atoms with Crippen LogP contribution in [0, 0.1) is 0 Å². The number of hydrogen-bond acceptors (Lipinski definition) is 4. The maximum absolute atomic E-state index is 6.62. The Hall–Kier alpha value is -5.35. The minimum absolute atomic E-state index is 0.0358. The predicted molar refractivity (Wildman–Crippen MR) is 170 cm³/mol. The van der Waals surface area contributed by atoms with Gasteiger partial charge in [-0.05, 0) is 41.5 Å². The van der Waals surface area contributed by atoms with Gasteiger partial charge in [-0.2, -0.15) is 0 Å². The fourth-order valence-corrected chi connectivity index (χ4v) is 6.94. The summed E-state index contributed by atoms with van der Waals surface area (Å²) in [5.41, 5.74) is 9.23. The minimum Gasteiger partial charge on any atom is -0.458 e. The number of amidine groups is 1. The molecule has 3 heterocycles. The lowest BCUT2D eigenvalue weighted by Gasteiger charge is -2.41. The molecule has 0 bridgehead atoms. The summed E-state index contributed by atoms with van der Waals surface area (Å²) in [6, 6.07) is 47.1. The standard InChI is InChI=1S/C38H27N3O/c1-3-12-25(13-4-1)37-39-38(26-14-5-2-6-15-26)41(37)28-17-11-16-27(24-28)40-33-20-9-7-18-29(33)31-22-23-32-30-19-8-10-21-34(30)42-36(32)35(31)40/h1-24,31,35,37H. The third-order valence-corrected chi connectivity index (χ3v) is 8.81. The lowest BCUT2D eigenvalue weighted by atomic mass is 9.86. The Morgan fingerprint density at radius 2 is 1.36 bits per heavy atom. The Balaban J connectivity index is 1.19. The lowest BCUT2D eigenvalue weighted by Crippen LogP contribution is -2.43. The molecule has 2 aliphatic heterocycles. The lowest BCUT2D eigenvalue weighted by molar-refractivity contribution is 0.478. The van der Waals surface area contributed by atoms with Crippen molar-refractivity contribution in [1.82, 2.24) is 0 Å². The summed E-state index contributed by atoms with van der Waals surface area (Å²) in [5, 5.41) is 1.17. The highest BCUT2D eigenvalue weighted by Crippen LogP contribution is 2.57. The Kier molecular flexibility index (Phi) is 5.05. The van der Waals surface area contributed by atoms with E-state index in [1.807, 2.05) is 6.07 Å². The number of rotatable bonds is 4. The first kappa shape index (κ1) is 23.4. The van der Waals surface area contributed by atoms with Crippen LogP contribution < -0.4 is 9.80 Å². The molecule has 1 aliphatic carbocycles. The maximum atomic E-state index is 6.62. The molecule has 200 valence electrons. The van der Waals surface area contributed by atoms with Crippen LogP contribution in [0.2, 0.25) is 0 Å². The number of aliphatic imine (C=N–C) groups is 1. The van der Waals surface area contributed by atoms with E-state index < -0.39 is 0 Å². The number of benzene rings is 5. The van der Waals surface area contributed by atoms with E-state index in [9.17, 15) is 0 Å². The summed E-state index contributed by atoms with van der Waals surface area (Å²) in [4.78, 5) is 9.95. The number of fused-ring (bicyclic) bond motifs is 7. The molecule has 0 N–H and O–H groups in total. The van der Waals surface area contributed by atoms with Gasteiger partial charge in [0.15, 0.2) is 6.17 Å². The van der Waals surface area contributed by atoms with Gasteiger partial charge in [-0.15, -0.1) is 0 Å². The summed E-state index contributed by atoms with van der Waals surface area (Å²) >= 11 is 0. The summed E-state index contributed by atoms with van der Waals surface area (Å²) < 4.78 is 6.62. The average molecular weight is 542 g/mol. The molecule has 0 saturated heterocycles. The zero-order valence-electron chi connectivity index (χ0n) is 22.8. The van der Waals surface area contributed by atoms with Crippen molar-refractivity contribution >= 4 is 39.9 Å². The Labute approximate surface area is 244 Å². The van der Waals surface area contributed by atoms with Crippen molar-refractivity contribution in [2.45, 2.75) is 18.1 Å². The molecule has 0 saturated carbocycles. The van der Waals surface area contributed by atoms with Crippen LogP contribution in [0.5, 0.6) is 0 Å². The molecule has 6 aromatic rings. The normalized spacial score (nSPS) is 20.1. The van der Waals surface area contributed by atoms with Gasteiger partial charge in [0.1, 0.15) is 23.2 Å². The van der Waals surface area contributed by atoms with Crippen molar-refractivity contribution in [2.75, 3.05) is 9.80 Å². The van der Waals surface area contributed by atoms with Gasteiger partial charge >= 0.3 is 0 Å². The largest absolute Gasteiger partial charge is 0.458 e. The molecule has 3 atom stereocenters. The van der Waals surface area contributed by atoms with E-state index in [-0.39, 0.29) is 18.1 Å². The van der Waals surface area contributed by atoms with Gasteiger partial charge in [-0.25, -0.2) is 4.99 Å². The topological polar surface area (TPSA) is 32.0 Å². The van der Waals surface area contributed by atoms with Gasteiger partial charge in [0, 0.05) is 39.5 Å². The van der Waals surface area contributed by atoms with E-state index in [0.717, 1.165) is 34.1 Å². The van der Waals surface area contributed by atoms with Gasteiger partial charge in [0.2, 0.25) is 0 Å². The predicted octanol–water partition coefficient (Wildman–Crippen LogP) is 9.40. The highest BCUT2D eigenvalue weighted by atomic mass is 16.3. The van der Waals surface area contributed by atoms with E-state index in [4.69, 9.17) is 9.41 Å². The van der Waals surface area contributed by atoms with Gasteiger partial charge in [-0.3, -0.25) is 4.90 Å². The second kappa shape index (κ2) is 9.08. The Morgan fingerprint density at radius 3 is 2.21 bits per heavy atom. The Morgan fingerprint density at radius 1 is 0.643 bits per heavy atom. The first-order valence-electron chi connectivity index (χ1n) is 14.5. The van der Waals surface area contributed by atoms with Crippen molar-refractivity contribution in [1.29, 1.82) is 0 Å². The molecule has 5 aromatic carbocycles. The van der Waals surface area contributed by atoms with Crippen molar-refractivity contribution in [3.63, 3.8) is 0 Å². The molecule has 3 unspecified atom stereocenters. The molecule has 4 heteroatoms. The first-order chi connectivity index (χ1) is 20.8. The van der Waals surface area contributed by atoms with Gasteiger partial charge < -0.3 is 9.32 Å². The van der Waals surface area contributed by atoms with Crippen LogP contribution in [0.3, 0.4) is 0 Å². The van der Waals surface area contributed by atoms with Crippen LogP contribution >= 0.6 is 0 Å². The number of anilines is 3. The zero-order chi connectivity index (χ0) is 27.6. The zero-order valence-corrected chi connectivity index (χ0v) is 22.8. The molecule has 0 amide bonds. The SMILES string of the molecule is C1=CC2c3ccccc3N(c3cccc(N4C(c5ccccc5)=NC4c4ccccc4)c3)C2c2oc3ccccc3c21. The summed E-state index contributed by atoms with van der Waals surface area (Å²) in [7, 11) is 0. The van der Waals surface area contributed by atoms with Crippen molar-refractivity contribution in [3.05, 3.63) is 168 Å². The van der Waals surface area contributed by atoms with Crippen LogP contribution in [0.4, 0.5) is 17.1 Å². The minimum atomic E-state index is -0.0742. The van der Waals surface area contributed by atoms with Gasteiger partial charge in [0.05, 0.1) is 0 Å². The van der Waals surface area contributed by atoms with E-state index >= 15 is 0 Å². The number of nitrogens with zero attached hydrogens (tertiary/aromatic N) is 3. The van der Waals surface area contributed by atoms with Gasteiger partial charge in [0.25, 0.3) is 0 Å². The molecule has 42 heavy (non-hydrogen) atoms. The van der Waals surface area contributed by atoms with E-state index in [0.29, 0.717) is 0 Å². The van der Waals surface area contributed by atoms with Crippen LogP contribution in [0.1, 0.15) is 46.1 Å². The quantitative estimate of drug-likeness (QED) is 0.223. The van der Waals surface area contributed by atoms with E-state index in [1.54, 1.807) is 0 Å². The third kappa shape index (κ3) is 3.39. The molecule has 3 aliphatic rings. The molecule has 0 radical (unpaired) electrons. The second-order valence-electron chi connectivity index (χ2n) is 11.1. The van der Waals surface area contributed by atoms with E-state index in [1.165, 1.54) is 27.8 Å². The van der Waals surface area contributed by atoms with Crippen LogP contribution in [0.15, 0.2) is 149 Å². The van der Waals surface area contributed by atoms with Crippen molar-refractivity contribution < 1.29 is 4.42 Å². The highest BCUT2D eigenvalue weighted by molar-refractivity contribution is 6.14. The van der Waals surface area contributed by atoms with Crippen LogP contribution in [-0.2, 0) is 0 Å². The molecule has 9 rings (SSSR count). The van der Waals surface area contributed by atoms with Crippen LogP contribution in [-0.4, -0.2) is 5.84 Å². The number of para-hydroxylation sites is 2. The van der Waals surface area contributed by atoms with Crippen LogP contribution in [0.25, 0.3) is 17.0 Å². The monoisotopic (exact) mass is 541 g/mol. The molecule has 1 aromatic heterocycles. The number of hydrogen-bond donors (Lipinski definition) is 0. The maximum Gasteiger partial charge on any atom is 0.155 e. The molecule has 0 fully saturated rings. The molecule has 4 nitrogen and oxygen atoms in total. The highest BCUT2D eigenvalue weighted by Gasteiger charge is 2.44. The summed E-state index contributed by atoms with van der Waals surface area (Å²) in [6.45, 7) is 0. The third-order valence-electron chi connectivity index (χ3n) is 8.81. The Bertz CT molecular complexity index is 2020. The molecular formula is C38H27N3O. The summed E-state index contributed by atoms with van der Waals surface area (Å²) in [5.74, 6) is 2.23. The van der Waals surface area contributed by atoms with Crippen molar-refractivity contribution in [2.24, 2.45) is 4.99 Å². The van der Waals surface area contributed by atoms with Crippen molar-refractivity contribution in [3.8, 4) is 0 Å². The fourth-order valence-electron chi connectivity index (χ4n) is 6.94. The summed E-state index contributed by atoms with van der Waals surface area (Å²) in [6.07, 6.45) is 4.54. The van der Waals surface area contributed by atoms with Gasteiger partial charge in [-0.1, -0.05) is 115 Å². The van der Waals surface area contributed by atoms with E-state index in [2.05, 4.69) is 149 Å². The molecular weight excluding hydrogens is 514 g/mol. The fraction of sp³-hybridized carbons (Fsp3) is 0.0789. The average Bonchev–Trinajstić information content (AvgIpc) is 3.58.